The van der Waals surface area contributed by atoms with Crippen LogP contribution in [0.3, 0.4) is 0 Å². The average molecular weight is 404 g/mol. The van der Waals surface area contributed by atoms with Gasteiger partial charge in [-0.2, -0.15) is 0 Å². The summed E-state index contributed by atoms with van der Waals surface area (Å²) in [6.45, 7) is 3.89. The molecule has 2 aromatic carbocycles. The van der Waals surface area contributed by atoms with E-state index in [2.05, 4.69) is 35.0 Å². The lowest BCUT2D eigenvalue weighted by atomic mass is 10.1. The van der Waals surface area contributed by atoms with Crippen LogP contribution >= 0.6 is 12.4 Å². The van der Waals surface area contributed by atoms with Gasteiger partial charge >= 0.3 is 0 Å². The van der Waals surface area contributed by atoms with Crippen LogP contribution in [0.5, 0.6) is 11.5 Å². The molecule has 0 radical (unpaired) electrons. The summed E-state index contributed by atoms with van der Waals surface area (Å²) >= 11 is 0. The van der Waals surface area contributed by atoms with E-state index in [1.165, 1.54) is 11.3 Å². The highest BCUT2D eigenvalue weighted by atomic mass is 35.5. The number of aryl methyl sites for hydroxylation is 1. The molecule has 0 saturated heterocycles. The number of anilines is 1. The van der Waals surface area contributed by atoms with E-state index < -0.39 is 0 Å². The number of hydrogen-bond donors (Lipinski definition) is 0. The fourth-order valence-corrected chi connectivity index (χ4v) is 3.94. The second-order valence-corrected chi connectivity index (χ2v) is 7.11. The quantitative estimate of drug-likeness (QED) is 0.437. The van der Waals surface area contributed by atoms with Crippen molar-refractivity contribution in [2.45, 2.75) is 19.9 Å². The summed E-state index contributed by atoms with van der Waals surface area (Å²) in [7, 11) is 0. The Morgan fingerprint density at radius 2 is 1.79 bits per heavy atom. The van der Waals surface area contributed by atoms with E-state index in [0.29, 0.717) is 0 Å². The van der Waals surface area contributed by atoms with Crippen molar-refractivity contribution in [2.75, 3.05) is 11.4 Å². The molecule has 5 rings (SSSR count). The number of nitrogens with zero attached hydrogens (tertiary/aromatic N) is 3. The van der Waals surface area contributed by atoms with Gasteiger partial charge in [-0.3, -0.25) is 9.97 Å². The molecule has 29 heavy (non-hydrogen) atoms. The average Bonchev–Trinajstić information content (AvgIpc) is 3.15. The van der Waals surface area contributed by atoms with Crippen LogP contribution < -0.4 is 9.64 Å². The molecule has 1 aliphatic rings. The first-order valence-electron chi connectivity index (χ1n) is 9.59. The van der Waals surface area contributed by atoms with E-state index in [1.54, 1.807) is 0 Å². The molecule has 0 amide bonds. The van der Waals surface area contributed by atoms with Gasteiger partial charge in [0, 0.05) is 23.8 Å². The van der Waals surface area contributed by atoms with Crippen molar-refractivity contribution < 1.29 is 4.74 Å². The number of ether oxygens (including phenoxy) is 1. The van der Waals surface area contributed by atoms with Crippen molar-refractivity contribution in [1.29, 1.82) is 0 Å². The van der Waals surface area contributed by atoms with Crippen molar-refractivity contribution >= 4 is 29.0 Å². The van der Waals surface area contributed by atoms with E-state index >= 15 is 0 Å². The topological polar surface area (TPSA) is 38.2 Å². The molecule has 0 saturated carbocycles. The number of benzene rings is 2. The number of fused-ring (bicyclic) bond motifs is 3. The zero-order chi connectivity index (χ0) is 18.9. The largest absolute Gasteiger partial charge is 0.457 e. The molecule has 0 atom stereocenters. The van der Waals surface area contributed by atoms with Crippen LogP contribution in [0, 0.1) is 6.92 Å². The van der Waals surface area contributed by atoms with Gasteiger partial charge in [-0.1, -0.05) is 24.3 Å². The van der Waals surface area contributed by atoms with Crippen LogP contribution in [0.25, 0.3) is 10.9 Å². The van der Waals surface area contributed by atoms with E-state index in [0.717, 1.165) is 53.3 Å². The zero-order valence-electron chi connectivity index (χ0n) is 16.2. The molecule has 4 nitrogen and oxygen atoms in total. The van der Waals surface area contributed by atoms with Gasteiger partial charge in [0.25, 0.3) is 0 Å². The van der Waals surface area contributed by atoms with E-state index in [9.17, 15) is 0 Å². The number of rotatable bonds is 4. The molecule has 0 aliphatic carbocycles. The van der Waals surface area contributed by atoms with Gasteiger partial charge in [0.1, 0.15) is 11.5 Å². The summed E-state index contributed by atoms with van der Waals surface area (Å²) in [5.41, 5.74) is 5.80. The van der Waals surface area contributed by atoms with Crippen LogP contribution in [0.1, 0.15) is 17.0 Å². The minimum atomic E-state index is 0. The highest BCUT2D eigenvalue weighted by Gasteiger charge is 2.25. The summed E-state index contributed by atoms with van der Waals surface area (Å²) in [6.07, 6.45) is 2.87. The second kappa shape index (κ2) is 8.10. The first-order valence-corrected chi connectivity index (χ1v) is 9.59. The molecule has 0 fully saturated rings. The Hall–Kier alpha value is -3.11. The first-order chi connectivity index (χ1) is 13.8. The maximum Gasteiger partial charge on any atom is 0.128 e. The Labute approximate surface area is 176 Å². The normalized spacial score (nSPS) is 12.5. The lowest BCUT2D eigenvalue weighted by molar-refractivity contribution is 0.483. The smallest absolute Gasteiger partial charge is 0.128 e. The molecule has 0 bridgehead atoms. The number of para-hydroxylation sites is 1. The van der Waals surface area contributed by atoms with Crippen LogP contribution in [0.2, 0.25) is 0 Å². The maximum atomic E-state index is 6.07. The molecular formula is C24H22ClN3O. The zero-order valence-corrected chi connectivity index (χ0v) is 17.0. The predicted octanol–water partition coefficient (Wildman–Crippen LogP) is 5.72. The Balaban J connectivity index is 0.00000205. The highest BCUT2D eigenvalue weighted by molar-refractivity contribution is 5.96. The Kier molecular flexibility index (Phi) is 5.36. The summed E-state index contributed by atoms with van der Waals surface area (Å²) in [4.78, 5) is 11.8. The number of hydrogen-bond acceptors (Lipinski definition) is 4. The van der Waals surface area contributed by atoms with Gasteiger partial charge in [0.15, 0.2) is 0 Å². The molecule has 0 spiro atoms. The monoisotopic (exact) mass is 403 g/mol. The fraction of sp³-hybridized carbons (Fsp3) is 0.167. The van der Waals surface area contributed by atoms with Crippen LogP contribution in [0.15, 0.2) is 72.9 Å². The molecule has 5 heteroatoms. The van der Waals surface area contributed by atoms with Gasteiger partial charge in [0.05, 0.1) is 23.4 Å². The van der Waals surface area contributed by atoms with Crippen molar-refractivity contribution in [3.8, 4) is 11.5 Å². The van der Waals surface area contributed by atoms with Crippen molar-refractivity contribution in [3.63, 3.8) is 0 Å². The number of pyridine rings is 2. The Bertz CT molecular complexity index is 1130. The molecule has 3 heterocycles. The molecule has 2 aromatic heterocycles. The standard InChI is InChI=1S/C24H21N3O.ClH/c1-17-21-12-14-27(16-18-7-5-6-13-25-18)24(21)22-15-20(10-11-23(22)26-17)28-19-8-3-2-4-9-19;/h2-11,13,15H,12,14,16H2,1H3;1H. The molecule has 146 valence electrons. The number of halogens is 1. The van der Waals surface area contributed by atoms with E-state index in [-0.39, 0.29) is 12.4 Å². The molecular weight excluding hydrogens is 382 g/mol. The fourth-order valence-electron chi connectivity index (χ4n) is 3.94. The van der Waals surface area contributed by atoms with Crippen LogP contribution in [0.4, 0.5) is 5.69 Å². The second-order valence-electron chi connectivity index (χ2n) is 7.11. The maximum absolute atomic E-state index is 6.07. The summed E-state index contributed by atoms with van der Waals surface area (Å²) < 4.78 is 6.07. The highest BCUT2D eigenvalue weighted by Crippen LogP contribution is 2.39. The van der Waals surface area contributed by atoms with Crippen LogP contribution in [-0.4, -0.2) is 16.5 Å². The van der Waals surface area contributed by atoms with Crippen molar-refractivity contribution in [2.24, 2.45) is 0 Å². The van der Waals surface area contributed by atoms with Crippen molar-refractivity contribution in [1.82, 2.24) is 9.97 Å². The third kappa shape index (κ3) is 3.76. The summed E-state index contributed by atoms with van der Waals surface area (Å²) in [5, 5.41) is 1.14. The minimum Gasteiger partial charge on any atom is -0.457 e. The van der Waals surface area contributed by atoms with Gasteiger partial charge in [-0.15, -0.1) is 12.4 Å². The summed E-state index contributed by atoms with van der Waals surface area (Å²) in [5.74, 6) is 1.67. The van der Waals surface area contributed by atoms with Crippen LogP contribution in [-0.2, 0) is 13.0 Å². The molecule has 4 aromatic rings. The third-order valence-corrected chi connectivity index (χ3v) is 5.24. The lowest BCUT2D eigenvalue weighted by Gasteiger charge is -2.21. The Morgan fingerprint density at radius 3 is 2.59 bits per heavy atom. The van der Waals surface area contributed by atoms with Gasteiger partial charge in [-0.25, -0.2) is 0 Å². The molecule has 1 aliphatic heterocycles. The summed E-state index contributed by atoms with van der Waals surface area (Å²) in [6, 6.07) is 22.1. The van der Waals surface area contributed by atoms with Gasteiger partial charge in [-0.05, 0) is 61.4 Å². The van der Waals surface area contributed by atoms with Gasteiger partial charge in [0.2, 0.25) is 0 Å². The van der Waals surface area contributed by atoms with Crippen molar-refractivity contribution in [3.05, 3.63) is 89.9 Å². The first kappa shape index (κ1) is 19.2. The lowest BCUT2D eigenvalue weighted by Crippen LogP contribution is -2.20. The number of aromatic nitrogens is 2. The third-order valence-electron chi connectivity index (χ3n) is 5.24. The SMILES string of the molecule is Cc1nc2ccc(Oc3ccccc3)cc2c2c1CCN2Cc1ccccn1.Cl. The Morgan fingerprint density at radius 1 is 0.966 bits per heavy atom. The van der Waals surface area contributed by atoms with E-state index in [1.807, 2.05) is 54.7 Å². The molecule has 0 unspecified atom stereocenters. The predicted molar refractivity (Wildman–Crippen MR) is 119 cm³/mol. The minimum absolute atomic E-state index is 0. The molecule has 0 N–H and O–H groups in total. The van der Waals surface area contributed by atoms with Gasteiger partial charge < -0.3 is 9.64 Å². The van der Waals surface area contributed by atoms with E-state index in [4.69, 9.17) is 9.72 Å².